The molecule has 0 radical (unpaired) electrons. The molecule has 0 bridgehead atoms. The summed E-state index contributed by atoms with van der Waals surface area (Å²) in [5.74, 6) is -0.371. The maximum Gasteiger partial charge on any atom is 0.262 e. The highest BCUT2D eigenvalue weighted by Crippen LogP contribution is 2.40. The van der Waals surface area contributed by atoms with Crippen LogP contribution in [0, 0.1) is 12.7 Å². The van der Waals surface area contributed by atoms with Crippen molar-refractivity contribution in [3.8, 4) is 5.75 Å². The van der Waals surface area contributed by atoms with E-state index in [0.29, 0.717) is 23.4 Å². The summed E-state index contributed by atoms with van der Waals surface area (Å²) in [6.45, 7) is 3.71. The number of hydrogen-bond acceptors (Lipinski definition) is 3. The maximum absolute atomic E-state index is 13.1. The molecule has 0 unspecified atom stereocenters. The number of hydrogen-bond donors (Lipinski definition) is 1. The fourth-order valence-electron chi connectivity index (χ4n) is 3.14. The lowest BCUT2D eigenvalue weighted by atomic mass is 9.97. The number of ether oxygens (including phenoxy) is 1. The summed E-state index contributed by atoms with van der Waals surface area (Å²) in [7, 11) is 0. The Bertz CT molecular complexity index is 866. The van der Waals surface area contributed by atoms with Gasteiger partial charge in [-0.3, -0.25) is 9.59 Å². The molecular weight excluding hydrogens is 345 g/mol. The average Bonchev–Trinajstić information content (AvgIpc) is 2.86. The van der Waals surface area contributed by atoms with Crippen molar-refractivity contribution in [3.05, 3.63) is 57.9 Å². The van der Waals surface area contributed by atoms with Crippen molar-refractivity contribution in [2.24, 2.45) is 0 Å². The Hall–Kier alpha value is -2.40. The molecule has 1 N–H and O–H groups in total. The Kier molecular flexibility index (Phi) is 4.77. The third kappa shape index (κ3) is 3.51. The van der Waals surface area contributed by atoms with Crippen LogP contribution < -0.4 is 10.1 Å². The predicted molar refractivity (Wildman–Crippen MR) is 94.1 cm³/mol. The van der Waals surface area contributed by atoms with Crippen LogP contribution in [0.1, 0.15) is 40.7 Å². The van der Waals surface area contributed by atoms with E-state index in [9.17, 15) is 14.0 Å². The Balaban J connectivity index is 1.71. The molecule has 0 aliphatic heterocycles. The first-order valence-electron chi connectivity index (χ1n) is 7.91. The number of nitrogens with one attached hydrogen (secondary N) is 1. The highest BCUT2D eigenvalue weighted by molar-refractivity contribution is 6.31. The minimum atomic E-state index is -0.557. The average molecular weight is 362 g/mol. The first kappa shape index (κ1) is 17.4. The van der Waals surface area contributed by atoms with Crippen LogP contribution in [0.25, 0.3) is 0 Å². The topological polar surface area (TPSA) is 55.4 Å². The zero-order chi connectivity index (χ0) is 18.1. The second kappa shape index (κ2) is 6.84. The van der Waals surface area contributed by atoms with Crippen LogP contribution in [0.2, 0.25) is 5.02 Å². The zero-order valence-electron chi connectivity index (χ0n) is 13.9. The number of Topliss-reactive ketones (excluding diaryl/α,β-unsaturated/α-hetero) is 1. The fraction of sp³-hybridized carbons (Fsp3) is 0.263. The van der Waals surface area contributed by atoms with E-state index in [1.54, 1.807) is 6.07 Å². The quantitative estimate of drug-likeness (QED) is 0.872. The second-order valence-electron chi connectivity index (χ2n) is 6.16. The van der Waals surface area contributed by atoms with E-state index in [1.807, 2.05) is 19.9 Å². The smallest absolute Gasteiger partial charge is 0.262 e. The molecule has 3 rings (SSSR count). The third-order valence-electron chi connectivity index (χ3n) is 4.25. The molecule has 25 heavy (non-hydrogen) atoms. The van der Waals surface area contributed by atoms with E-state index in [4.69, 9.17) is 16.3 Å². The molecule has 0 fully saturated rings. The number of halogens is 2. The van der Waals surface area contributed by atoms with Crippen LogP contribution in [0.4, 0.5) is 10.1 Å². The second-order valence-corrected chi connectivity index (χ2v) is 6.57. The molecule has 0 aromatic heterocycles. The molecule has 2 aromatic rings. The van der Waals surface area contributed by atoms with Crippen LogP contribution in [-0.2, 0) is 4.79 Å². The molecule has 0 saturated carbocycles. The highest BCUT2D eigenvalue weighted by atomic mass is 35.5. The van der Waals surface area contributed by atoms with Gasteiger partial charge in [-0.15, -0.1) is 0 Å². The van der Waals surface area contributed by atoms with E-state index in [0.717, 1.165) is 11.1 Å². The highest BCUT2D eigenvalue weighted by Gasteiger charge is 2.31. The summed E-state index contributed by atoms with van der Waals surface area (Å²) in [5, 5.41) is 2.50. The van der Waals surface area contributed by atoms with Gasteiger partial charge < -0.3 is 10.1 Å². The molecule has 1 atom stereocenters. The zero-order valence-corrected chi connectivity index (χ0v) is 14.6. The Morgan fingerprint density at radius 2 is 2.12 bits per heavy atom. The summed E-state index contributed by atoms with van der Waals surface area (Å²) in [6, 6.07) is 7.51. The number of anilines is 1. The summed E-state index contributed by atoms with van der Waals surface area (Å²) in [4.78, 5) is 24.3. The number of rotatable bonds is 4. The van der Waals surface area contributed by atoms with Crippen molar-refractivity contribution in [1.82, 2.24) is 0 Å². The third-order valence-corrected chi connectivity index (χ3v) is 4.54. The van der Waals surface area contributed by atoms with Crippen molar-refractivity contribution < 1.29 is 18.7 Å². The molecule has 0 spiro atoms. The fourth-order valence-corrected chi connectivity index (χ4v) is 3.32. The van der Waals surface area contributed by atoms with Crippen molar-refractivity contribution in [3.63, 3.8) is 0 Å². The van der Waals surface area contributed by atoms with Crippen LogP contribution >= 0.6 is 11.6 Å². The number of ketones is 1. The summed E-state index contributed by atoms with van der Waals surface area (Å²) < 4.78 is 18.7. The van der Waals surface area contributed by atoms with Crippen LogP contribution in [0.5, 0.6) is 5.75 Å². The molecular formula is C19H17ClFNO3. The molecule has 2 aromatic carbocycles. The first-order chi connectivity index (χ1) is 11.9. The van der Waals surface area contributed by atoms with Crippen LogP contribution in [0.15, 0.2) is 30.3 Å². The van der Waals surface area contributed by atoms with Crippen molar-refractivity contribution in [1.29, 1.82) is 0 Å². The number of benzene rings is 2. The SMILES string of the molecule is Cc1ccc(OCC(=O)Nc2ccc(F)c(Cl)c2)c2c1[C@H](C)CC2=O. The monoisotopic (exact) mass is 361 g/mol. The molecule has 4 nitrogen and oxygen atoms in total. The van der Waals surface area contributed by atoms with E-state index in [1.165, 1.54) is 18.2 Å². The number of carbonyl (C=O) groups excluding carboxylic acids is 2. The van der Waals surface area contributed by atoms with Crippen molar-refractivity contribution >= 4 is 29.0 Å². The molecule has 6 heteroatoms. The Labute approximate surface area is 149 Å². The largest absolute Gasteiger partial charge is 0.483 e. The van der Waals surface area contributed by atoms with E-state index < -0.39 is 11.7 Å². The van der Waals surface area contributed by atoms with Crippen molar-refractivity contribution in [2.45, 2.75) is 26.2 Å². The van der Waals surface area contributed by atoms with Gasteiger partial charge in [-0.05, 0) is 48.2 Å². The molecule has 130 valence electrons. The minimum absolute atomic E-state index is 0.0342. The van der Waals surface area contributed by atoms with Gasteiger partial charge in [0.25, 0.3) is 5.91 Å². The Morgan fingerprint density at radius 3 is 2.84 bits per heavy atom. The number of aryl methyl sites for hydroxylation is 1. The standard InChI is InChI=1S/C19H17ClFNO3/c1-10-3-6-16(19-15(23)7-11(2)18(10)19)25-9-17(24)22-12-4-5-14(21)13(20)8-12/h3-6,8,11H,7,9H2,1-2H3,(H,22,24)/t11-/m1/s1. The van der Waals surface area contributed by atoms with E-state index >= 15 is 0 Å². The first-order valence-corrected chi connectivity index (χ1v) is 8.29. The van der Waals surface area contributed by atoms with E-state index in [2.05, 4.69) is 5.32 Å². The summed E-state index contributed by atoms with van der Waals surface area (Å²) in [5.41, 5.74) is 2.99. The molecule has 1 amide bonds. The lowest BCUT2D eigenvalue weighted by Crippen LogP contribution is -2.20. The van der Waals surface area contributed by atoms with Gasteiger partial charge in [0.1, 0.15) is 11.6 Å². The van der Waals surface area contributed by atoms with Gasteiger partial charge in [-0.2, -0.15) is 0 Å². The number of fused-ring (bicyclic) bond motifs is 1. The number of carbonyl (C=O) groups is 2. The summed E-state index contributed by atoms with van der Waals surface area (Å²) >= 11 is 5.68. The van der Waals surface area contributed by atoms with Gasteiger partial charge in [-0.1, -0.05) is 24.6 Å². The number of amides is 1. The molecule has 0 heterocycles. The van der Waals surface area contributed by atoms with Crippen molar-refractivity contribution in [2.75, 3.05) is 11.9 Å². The van der Waals surface area contributed by atoms with Gasteiger partial charge in [0.15, 0.2) is 12.4 Å². The lowest BCUT2D eigenvalue weighted by Gasteiger charge is -2.13. The van der Waals surface area contributed by atoms with Gasteiger partial charge in [0.2, 0.25) is 0 Å². The minimum Gasteiger partial charge on any atom is -0.483 e. The molecule has 1 aliphatic rings. The van der Waals surface area contributed by atoms with Gasteiger partial charge >= 0.3 is 0 Å². The molecule has 0 saturated heterocycles. The predicted octanol–water partition coefficient (Wildman–Crippen LogP) is 4.49. The van der Waals surface area contributed by atoms with Gasteiger partial charge in [0.05, 0.1) is 10.6 Å². The van der Waals surface area contributed by atoms with Gasteiger partial charge in [-0.25, -0.2) is 4.39 Å². The summed E-state index contributed by atoms with van der Waals surface area (Å²) in [6.07, 6.45) is 0.455. The molecule has 1 aliphatic carbocycles. The lowest BCUT2D eigenvalue weighted by molar-refractivity contribution is -0.118. The Morgan fingerprint density at radius 1 is 1.36 bits per heavy atom. The maximum atomic E-state index is 13.1. The van der Waals surface area contributed by atoms with E-state index in [-0.39, 0.29) is 23.3 Å². The van der Waals surface area contributed by atoms with Crippen LogP contribution in [-0.4, -0.2) is 18.3 Å². The van der Waals surface area contributed by atoms with Gasteiger partial charge in [0, 0.05) is 12.1 Å². The normalized spacial score (nSPS) is 15.8. The van der Waals surface area contributed by atoms with Crippen LogP contribution in [0.3, 0.4) is 0 Å².